The molecular formula is C24H28ClN3O4S. The van der Waals surface area contributed by atoms with Gasteiger partial charge >= 0.3 is 0 Å². The van der Waals surface area contributed by atoms with Crippen LogP contribution in [0.2, 0.25) is 5.02 Å². The Labute approximate surface area is 199 Å². The number of anilines is 1. The third kappa shape index (κ3) is 6.00. The van der Waals surface area contributed by atoms with E-state index in [4.69, 9.17) is 16.6 Å². The minimum atomic E-state index is -3.68. The van der Waals surface area contributed by atoms with Crippen LogP contribution in [-0.4, -0.2) is 44.8 Å². The van der Waals surface area contributed by atoms with E-state index in [0.29, 0.717) is 22.0 Å². The summed E-state index contributed by atoms with van der Waals surface area (Å²) in [4.78, 5) is 32.5. The van der Waals surface area contributed by atoms with Crippen LogP contribution in [0, 0.1) is 5.92 Å². The first-order chi connectivity index (χ1) is 15.6. The van der Waals surface area contributed by atoms with Crippen molar-refractivity contribution in [3.8, 4) is 0 Å². The van der Waals surface area contributed by atoms with Gasteiger partial charge in [-0.3, -0.25) is 19.3 Å². The third-order valence-corrected chi connectivity index (χ3v) is 6.53. The first kappa shape index (κ1) is 24.9. The zero-order chi connectivity index (χ0) is 24.2. The highest BCUT2D eigenvalue weighted by Gasteiger charge is 2.35. The number of benzodiazepines with no additional fused rings is 1. The van der Waals surface area contributed by atoms with Gasteiger partial charge in [-0.2, -0.15) is 0 Å². The fourth-order valence-electron chi connectivity index (χ4n) is 4.05. The summed E-state index contributed by atoms with van der Waals surface area (Å²) in [5.41, 5.74) is 2.81. The number of halogens is 1. The number of carbonyl (C=O) groups is 2. The van der Waals surface area contributed by atoms with Gasteiger partial charge in [0.1, 0.15) is 6.04 Å². The number of aliphatic imine (C=N–C) groups is 1. The van der Waals surface area contributed by atoms with Crippen LogP contribution in [0.1, 0.15) is 44.2 Å². The number of hydrogen-bond donors (Lipinski definition) is 1. The van der Waals surface area contributed by atoms with Crippen LogP contribution >= 0.6 is 11.6 Å². The van der Waals surface area contributed by atoms with Crippen molar-refractivity contribution < 1.29 is 18.0 Å². The summed E-state index contributed by atoms with van der Waals surface area (Å²) in [5, 5.41) is 0.501. The Morgan fingerprint density at radius 3 is 2.42 bits per heavy atom. The van der Waals surface area contributed by atoms with Crippen LogP contribution in [0.3, 0.4) is 0 Å². The van der Waals surface area contributed by atoms with Crippen molar-refractivity contribution in [3.63, 3.8) is 0 Å². The second-order valence-corrected chi connectivity index (χ2v) is 10.2. The van der Waals surface area contributed by atoms with E-state index in [2.05, 4.69) is 0 Å². The van der Waals surface area contributed by atoms with Gasteiger partial charge in [0, 0.05) is 29.1 Å². The van der Waals surface area contributed by atoms with Gasteiger partial charge in [0.25, 0.3) is 5.91 Å². The molecule has 0 aromatic heterocycles. The molecule has 3 rings (SSSR count). The average molecular weight is 490 g/mol. The Morgan fingerprint density at radius 1 is 1.15 bits per heavy atom. The molecule has 1 aliphatic heterocycles. The lowest BCUT2D eigenvalue weighted by Crippen LogP contribution is -2.43. The predicted octanol–water partition coefficient (Wildman–Crippen LogP) is 3.79. The number of nitrogens with one attached hydrogen (secondary N) is 1. The van der Waals surface area contributed by atoms with Crippen LogP contribution in [0.4, 0.5) is 5.69 Å². The fourth-order valence-corrected chi connectivity index (χ4v) is 4.73. The van der Waals surface area contributed by atoms with E-state index in [9.17, 15) is 18.0 Å². The van der Waals surface area contributed by atoms with Crippen molar-refractivity contribution in [2.45, 2.75) is 39.2 Å². The van der Waals surface area contributed by atoms with Gasteiger partial charge in [0.15, 0.2) is 0 Å². The molecule has 33 heavy (non-hydrogen) atoms. The minimum absolute atomic E-state index is 0.00772. The molecule has 0 fully saturated rings. The van der Waals surface area contributed by atoms with Gasteiger partial charge in [-0.15, -0.1) is 0 Å². The molecule has 2 aromatic carbocycles. The number of benzene rings is 2. The van der Waals surface area contributed by atoms with Crippen LogP contribution < -0.4 is 9.62 Å². The standard InChI is InChI=1S/C24H28ClN3O4S/c1-4-16(5-2)23-24(30)28(14-13-21(29)27-33(3,31)32)20-12-11-18(25)15-19(20)22(26-23)17-9-7-6-8-10-17/h6-12,15-16,23H,4-5,13-14H2,1-3H3,(H,27,29)/t23-/m0/s1. The van der Waals surface area contributed by atoms with Crippen molar-refractivity contribution >= 4 is 44.8 Å². The van der Waals surface area contributed by atoms with E-state index < -0.39 is 22.0 Å². The maximum atomic E-state index is 13.8. The summed E-state index contributed by atoms with van der Waals surface area (Å²) in [6.45, 7) is 4.07. The van der Waals surface area contributed by atoms with Crippen molar-refractivity contribution in [2.24, 2.45) is 10.9 Å². The molecule has 0 saturated heterocycles. The maximum Gasteiger partial charge on any atom is 0.252 e. The summed E-state index contributed by atoms with van der Waals surface area (Å²) in [7, 11) is -3.68. The molecule has 176 valence electrons. The molecule has 0 aliphatic carbocycles. The first-order valence-corrected chi connectivity index (χ1v) is 13.2. The summed E-state index contributed by atoms with van der Waals surface area (Å²) in [6, 6.07) is 14.2. The van der Waals surface area contributed by atoms with Gasteiger partial charge < -0.3 is 4.90 Å². The van der Waals surface area contributed by atoms with Crippen LogP contribution in [0.5, 0.6) is 0 Å². The number of hydrogen-bond acceptors (Lipinski definition) is 5. The second-order valence-electron chi connectivity index (χ2n) is 8.06. The topological polar surface area (TPSA) is 95.9 Å². The number of rotatable bonds is 8. The number of sulfonamides is 1. The minimum Gasteiger partial charge on any atom is -0.309 e. The Balaban J connectivity index is 2.12. The van der Waals surface area contributed by atoms with E-state index in [0.717, 1.165) is 24.7 Å². The average Bonchev–Trinajstić information content (AvgIpc) is 2.87. The molecule has 1 aliphatic rings. The first-order valence-electron chi connectivity index (χ1n) is 10.9. The highest BCUT2D eigenvalue weighted by molar-refractivity contribution is 7.89. The van der Waals surface area contributed by atoms with Crippen molar-refractivity contribution in [1.29, 1.82) is 0 Å². The van der Waals surface area contributed by atoms with Crippen molar-refractivity contribution in [3.05, 3.63) is 64.7 Å². The molecule has 1 atom stereocenters. The third-order valence-electron chi connectivity index (χ3n) is 5.70. The van der Waals surface area contributed by atoms with Crippen LogP contribution in [0.25, 0.3) is 0 Å². The van der Waals surface area contributed by atoms with Crippen LogP contribution in [0.15, 0.2) is 53.5 Å². The summed E-state index contributed by atoms with van der Waals surface area (Å²) in [6.07, 6.45) is 2.27. The van der Waals surface area contributed by atoms with Gasteiger partial charge in [0.2, 0.25) is 15.9 Å². The molecule has 0 saturated carbocycles. The van der Waals surface area contributed by atoms with Crippen molar-refractivity contribution in [2.75, 3.05) is 17.7 Å². The largest absolute Gasteiger partial charge is 0.309 e. The monoisotopic (exact) mass is 489 g/mol. The van der Waals surface area contributed by atoms with Crippen LogP contribution in [-0.2, 0) is 19.6 Å². The molecule has 2 aromatic rings. The molecule has 1 heterocycles. The quantitative estimate of drug-likeness (QED) is 0.610. The van der Waals surface area contributed by atoms with Gasteiger partial charge in [-0.1, -0.05) is 68.6 Å². The molecule has 1 N–H and O–H groups in total. The SMILES string of the molecule is CCC(CC)[C@@H]1N=C(c2ccccc2)c2cc(Cl)ccc2N(CCC(=O)NS(C)(=O)=O)C1=O. The highest BCUT2D eigenvalue weighted by atomic mass is 35.5. The normalized spacial score (nSPS) is 16.3. The number of fused-ring (bicyclic) bond motifs is 1. The molecular weight excluding hydrogens is 462 g/mol. The van der Waals surface area contributed by atoms with Gasteiger partial charge in [-0.25, -0.2) is 8.42 Å². The molecule has 7 nitrogen and oxygen atoms in total. The number of amides is 2. The molecule has 2 amide bonds. The lowest BCUT2D eigenvalue weighted by atomic mass is 9.93. The molecule has 0 bridgehead atoms. The molecule has 0 radical (unpaired) electrons. The molecule has 0 spiro atoms. The fraction of sp³-hybridized carbons (Fsp3) is 0.375. The molecule has 0 unspecified atom stereocenters. The zero-order valence-corrected chi connectivity index (χ0v) is 20.5. The number of nitrogens with zero attached hydrogens (tertiary/aromatic N) is 2. The predicted molar refractivity (Wildman–Crippen MR) is 131 cm³/mol. The van der Waals surface area contributed by atoms with E-state index in [-0.39, 0.29) is 24.8 Å². The van der Waals surface area contributed by atoms with Crippen molar-refractivity contribution in [1.82, 2.24) is 4.72 Å². The number of carbonyl (C=O) groups excluding carboxylic acids is 2. The maximum absolute atomic E-state index is 13.8. The molecule has 9 heteroatoms. The van der Waals surface area contributed by atoms with E-state index in [1.807, 2.05) is 48.9 Å². The van der Waals surface area contributed by atoms with Gasteiger partial charge in [0.05, 0.1) is 17.7 Å². The van der Waals surface area contributed by atoms with E-state index >= 15 is 0 Å². The second kappa shape index (κ2) is 10.5. The smallest absolute Gasteiger partial charge is 0.252 e. The highest BCUT2D eigenvalue weighted by Crippen LogP contribution is 2.33. The van der Waals surface area contributed by atoms with E-state index in [1.54, 1.807) is 18.2 Å². The summed E-state index contributed by atoms with van der Waals surface area (Å²) >= 11 is 6.33. The Hall–Kier alpha value is -2.71. The summed E-state index contributed by atoms with van der Waals surface area (Å²) in [5.74, 6) is -0.882. The van der Waals surface area contributed by atoms with Gasteiger partial charge in [-0.05, 0) is 24.1 Å². The Morgan fingerprint density at radius 2 is 1.82 bits per heavy atom. The lowest BCUT2D eigenvalue weighted by Gasteiger charge is -2.28. The Kier molecular flexibility index (Phi) is 7.92. The summed E-state index contributed by atoms with van der Waals surface area (Å²) < 4.78 is 24.8. The van der Waals surface area contributed by atoms with E-state index in [1.165, 1.54) is 4.90 Å². The lowest BCUT2D eigenvalue weighted by molar-refractivity contribution is -0.121. The zero-order valence-electron chi connectivity index (χ0n) is 18.9. The Bertz CT molecular complexity index is 1160.